The van der Waals surface area contributed by atoms with Crippen molar-refractivity contribution in [2.45, 2.75) is 59.4 Å². The number of rotatable bonds is 7. The lowest BCUT2D eigenvalue weighted by molar-refractivity contribution is -0.211. The van der Waals surface area contributed by atoms with Crippen LogP contribution in [-0.4, -0.2) is 17.8 Å². The quantitative estimate of drug-likeness (QED) is 0.283. The number of carbonyl (C=O) groups excluding carboxylic acids is 1. The summed E-state index contributed by atoms with van der Waals surface area (Å²) in [5.74, 6) is -1.56. The number of nitrogens with one attached hydrogen (secondary N) is 1. The molecule has 3 nitrogen and oxygen atoms in total. The van der Waals surface area contributed by atoms with Crippen molar-refractivity contribution < 1.29 is 31.1 Å². The Morgan fingerprint density at radius 3 is 2.19 bits per heavy atom. The maximum absolute atomic E-state index is 13.3. The van der Waals surface area contributed by atoms with Crippen LogP contribution in [0.25, 0.3) is 5.70 Å². The molecule has 0 spiro atoms. The summed E-state index contributed by atoms with van der Waals surface area (Å²) in [6, 6.07) is 8.34. The zero-order chi connectivity index (χ0) is 27.6. The van der Waals surface area contributed by atoms with E-state index in [1.807, 2.05) is 0 Å². The molecule has 0 saturated carbocycles. The van der Waals surface area contributed by atoms with Crippen LogP contribution in [0.4, 0.5) is 26.3 Å². The van der Waals surface area contributed by atoms with Crippen LogP contribution in [0.3, 0.4) is 0 Å². The van der Waals surface area contributed by atoms with E-state index in [0.29, 0.717) is 27.4 Å². The van der Waals surface area contributed by atoms with Gasteiger partial charge in [0.05, 0.1) is 11.3 Å². The second kappa shape index (κ2) is 10.7. The first-order valence-corrected chi connectivity index (χ1v) is 11.3. The predicted octanol–water partition coefficient (Wildman–Crippen LogP) is 8.17. The molecule has 1 amide bonds. The van der Waals surface area contributed by atoms with Gasteiger partial charge in [0.25, 0.3) is 0 Å². The summed E-state index contributed by atoms with van der Waals surface area (Å²) in [4.78, 5) is 16.5. The third-order valence-electron chi connectivity index (χ3n) is 5.76. The Labute approximate surface area is 211 Å². The van der Waals surface area contributed by atoms with Crippen molar-refractivity contribution in [3.63, 3.8) is 0 Å². The second-order valence-electron chi connectivity index (χ2n) is 9.22. The van der Waals surface area contributed by atoms with Gasteiger partial charge in [0, 0.05) is 22.8 Å². The highest BCUT2D eigenvalue weighted by molar-refractivity contribution is 6.34. The van der Waals surface area contributed by atoms with Crippen LogP contribution in [0.5, 0.6) is 0 Å². The lowest BCUT2D eigenvalue weighted by Crippen LogP contribution is -2.46. The van der Waals surface area contributed by atoms with Gasteiger partial charge in [-0.25, -0.2) is 0 Å². The minimum Gasteiger partial charge on any atom is -0.351 e. The van der Waals surface area contributed by atoms with Gasteiger partial charge < -0.3 is 5.32 Å². The van der Waals surface area contributed by atoms with Crippen LogP contribution in [-0.2, 0) is 17.5 Å². The van der Waals surface area contributed by atoms with Gasteiger partial charge in [-0.2, -0.15) is 26.3 Å². The molecular formula is C26H27ClF6N2O. The van der Waals surface area contributed by atoms with Gasteiger partial charge in [0.15, 0.2) is 0 Å². The summed E-state index contributed by atoms with van der Waals surface area (Å²) in [6.07, 6.45) is -9.20. The van der Waals surface area contributed by atoms with E-state index in [4.69, 9.17) is 11.6 Å². The standard InChI is InChI=1S/C26H27ClF6N2O/c1-14(2)19-12-18(8-9-21(19)25(28,29)30)15(3)35-16(4)20-11-17(7-10-22(20)27)13-34-23(36)24(5,6)26(31,32)33/h7-12,14H,3,13H2,1-2,4-6H3,(H,34,36)/b35-16+. The monoisotopic (exact) mass is 532 g/mol. The van der Waals surface area contributed by atoms with Crippen molar-refractivity contribution in [2.75, 3.05) is 0 Å². The van der Waals surface area contributed by atoms with Crippen LogP contribution in [0.15, 0.2) is 48.0 Å². The molecule has 2 aromatic carbocycles. The van der Waals surface area contributed by atoms with Crippen LogP contribution < -0.4 is 5.32 Å². The first kappa shape index (κ1) is 29.4. The van der Waals surface area contributed by atoms with Gasteiger partial charge in [0.2, 0.25) is 5.91 Å². The van der Waals surface area contributed by atoms with Gasteiger partial charge in [-0.05, 0) is 67.6 Å². The fraction of sp³-hybridized carbons (Fsp3) is 0.385. The molecule has 1 N–H and O–H groups in total. The minimum atomic E-state index is -4.71. The van der Waals surface area contributed by atoms with E-state index in [9.17, 15) is 31.1 Å². The van der Waals surface area contributed by atoms with Crippen molar-refractivity contribution in [1.82, 2.24) is 5.32 Å². The maximum atomic E-state index is 13.3. The van der Waals surface area contributed by atoms with Gasteiger partial charge in [0.1, 0.15) is 5.41 Å². The molecule has 0 aliphatic heterocycles. The van der Waals surface area contributed by atoms with E-state index in [0.717, 1.165) is 19.9 Å². The summed E-state index contributed by atoms with van der Waals surface area (Å²) < 4.78 is 79.3. The Bertz CT molecular complexity index is 1180. The number of hydrogen-bond donors (Lipinski definition) is 1. The summed E-state index contributed by atoms with van der Waals surface area (Å²) in [5, 5.41) is 2.58. The molecule has 0 radical (unpaired) electrons. The first-order valence-electron chi connectivity index (χ1n) is 11.0. The first-order chi connectivity index (χ1) is 16.4. The second-order valence-corrected chi connectivity index (χ2v) is 9.63. The number of benzene rings is 2. The molecule has 0 unspecified atom stereocenters. The number of alkyl halides is 6. The fourth-order valence-electron chi connectivity index (χ4n) is 3.30. The fourth-order valence-corrected chi connectivity index (χ4v) is 3.55. The van der Waals surface area contributed by atoms with Crippen molar-refractivity contribution in [1.29, 1.82) is 0 Å². The molecule has 36 heavy (non-hydrogen) atoms. The average Bonchev–Trinajstić information content (AvgIpc) is 2.76. The largest absolute Gasteiger partial charge is 0.416 e. The van der Waals surface area contributed by atoms with Gasteiger partial charge in [-0.3, -0.25) is 9.79 Å². The zero-order valence-corrected chi connectivity index (χ0v) is 21.2. The van der Waals surface area contributed by atoms with E-state index >= 15 is 0 Å². The van der Waals surface area contributed by atoms with Gasteiger partial charge in [-0.1, -0.05) is 44.2 Å². The van der Waals surface area contributed by atoms with E-state index in [2.05, 4.69) is 16.9 Å². The van der Waals surface area contributed by atoms with E-state index in [1.54, 1.807) is 32.9 Å². The van der Waals surface area contributed by atoms with E-state index in [-0.39, 0.29) is 23.7 Å². The number of hydrogen-bond acceptors (Lipinski definition) is 2. The molecule has 2 rings (SSSR count). The smallest absolute Gasteiger partial charge is 0.351 e. The Kier molecular flexibility index (Phi) is 8.71. The third-order valence-corrected chi connectivity index (χ3v) is 6.09. The number of carbonyl (C=O) groups is 1. The molecule has 0 aromatic heterocycles. The Morgan fingerprint density at radius 2 is 1.67 bits per heavy atom. The molecule has 196 valence electrons. The number of halogens is 7. The number of aliphatic imine (C=N–C) groups is 1. The highest BCUT2D eigenvalue weighted by Crippen LogP contribution is 2.38. The Morgan fingerprint density at radius 1 is 1.06 bits per heavy atom. The number of amides is 1. The lowest BCUT2D eigenvalue weighted by Gasteiger charge is -2.26. The molecule has 0 saturated heterocycles. The summed E-state index contributed by atoms with van der Waals surface area (Å²) in [7, 11) is 0. The summed E-state index contributed by atoms with van der Waals surface area (Å²) in [6.45, 7) is 10.2. The molecule has 0 atom stereocenters. The van der Waals surface area contributed by atoms with Crippen LogP contribution in [0, 0.1) is 5.41 Å². The minimum absolute atomic E-state index is 0.117. The zero-order valence-electron chi connectivity index (χ0n) is 20.5. The van der Waals surface area contributed by atoms with E-state index < -0.39 is 29.2 Å². The highest BCUT2D eigenvalue weighted by Gasteiger charge is 2.52. The molecule has 0 fully saturated rings. The van der Waals surface area contributed by atoms with Crippen LogP contribution in [0.2, 0.25) is 5.02 Å². The van der Waals surface area contributed by atoms with Gasteiger partial charge in [-0.15, -0.1) is 0 Å². The molecule has 0 bridgehead atoms. The van der Waals surface area contributed by atoms with Crippen LogP contribution >= 0.6 is 11.6 Å². The molecule has 0 aliphatic rings. The molecule has 2 aromatic rings. The van der Waals surface area contributed by atoms with Crippen molar-refractivity contribution in [3.05, 3.63) is 75.8 Å². The topological polar surface area (TPSA) is 41.5 Å². The number of nitrogens with zero attached hydrogens (tertiary/aromatic N) is 1. The van der Waals surface area contributed by atoms with E-state index in [1.165, 1.54) is 18.2 Å². The normalized spacial score (nSPS) is 13.2. The molecule has 0 heterocycles. The van der Waals surface area contributed by atoms with Crippen molar-refractivity contribution in [2.24, 2.45) is 10.4 Å². The molecular weight excluding hydrogens is 506 g/mol. The van der Waals surface area contributed by atoms with Gasteiger partial charge >= 0.3 is 12.4 Å². The third kappa shape index (κ3) is 6.69. The van der Waals surface area contributed by atoms with Crippen LogP contribution in [0.1, 0.15) is 68.4 Å². The molecule has 0 aliphatic carbocycles. The lowest BCUT2D eigenvalue weighted by atomic mass is 9.91. The maximum Gasteiger partial charge on any atom is 0.416 e. The predicted molar refractivity (Wildman–Crippen MR) is 130 cm³/mol. The Hall–Kier alpha value is -2.81. The Balaban J connectivity index is 2.30. The van der Waals surface area contributed by atoms with Crippen molar-refractivity contribution in [3.8, 4) is 0 Å². The SMILES string of the molecule is C=C(/N=C(\C)c1cc(CNC(=O)C(C)(C)C(F)(F)F)ccc1Cl)c1ccc(C(F)(F)F)c(C(C)C)c1. The highest BCUT2D eigenvalue weighted by atomic mass is 35.5. The average molecular weight is 533 g/mol. The summed E-state index contributed by atoms with van der Waals surface area (Å²) >= 11 is 6.28. The summed E-state index contributed by atoms with van der Waals surface area (Å²) in [5.41, 5.74) is -1.24. The molecule has 10 heteroatoms. The van der Waals surface area contributed by atoms with Crippen molar-refractivity contribution >= 4 is 28.9 Å².